The molecule has 0 saturated carbocycles. The van der Waals surface area contributed by atoms with Gasteiger partial charge in [-0.05, 0) is 63.6 Å². The summed E-state index contributed by atoms with van der Waals surface area (Å²) >= 11 is 1.86. The minimum Gasteiger partial charge on any atom is -0.357 e. The number of halogens is 1. The van der Waals surface area contributed by atoms with Crippen molar-refractivity contribution in [2.75, 3.05) is 26.2 Å². The first-order chi connectivity index (χ1) is 11.2. The first-order valence-electron chi connectivity index (χ1n) is 9.00. The van der Waals surface area contributed by atoms with Gasteiger partial charge < -0.3 is 10.6 Å². The van der Waals surface area contributed by atoms with E-state index in [-0.39, 0.29) is 24.0 Å². The summed E-state index contributed by atoms with van der Waals surface area (Å²) in [7, 11) is 0. The Hall–Kier alpha value is -0.340. The third-order valence-corrected chi connectivity index (χ3v) is 5.38. The molecule has 0 amide bonds. The maximum Gasteiger partial charge on any atom is 0.191 e. The van der Waals surface area contributed by atoms with Crippen molar-refractivity contribution in [1.29, 1.82) is 0 Å². The molecule has 1 unspecified atom stereocenters. The summed E-state index contributed by atoms with van der Waals surface area (Å²) in [6, 6.07) is 4.86. The van der Waals surface area contributed by atoms with Crippen molar-refractivity contribution in [3.8, 4) is 0 Å². The first-order valence-corrected chi connectivity index (χ1v) is 9.88. The van der Waals surface area contributed by atoms with Gasteiger partial charge in [-0.3, -0.25) is 9.89 Å². The Kier molecular flexibility index (Phi) is 10.9. The maximum atomic E-state index is 4.80. The number of nitrogens with one attached hydrogen (secondary N) is 2. The average molecular weight is 464 g/mol. The van der Waals surface area contributed by atoms with Crippen LogP contribution in [0.25, 0.3) is 0 Å². The number of guanidine groups is 1. The molecule has 0 aliphatic carbocycles. The normalized spacial score (nSPS) is 18.0. The summed E-state index contributed by atoms with van der Waals surface area (Å²) in [5.41, 5.74) is 0. The van der Waals surface area contributed by atoms with Crippen LogP contribution in [0.15, 0.2) is 22.5 Å². The predicted molar refractivity (Wildman–Crippen MR) is 117 cm³/mol. The van der Waals surface area contributed by atoms with Gasteiger partial charge in [0.25, 0.3) is 0 Å². The second-order valence-electron chi connectivity index (χ2n) is 6.47. The van der Waals surface area contributed by atoms with Crippen molar-refractivity contribution in [1.82, 2.24) is 15.5 Å². The molecule has 138 valence electrons. The van der Waals surface area contributed by atoms with E-state index < -0.39 is 0 Å². The Bertz CT molecular complexity index is 456. The topological polar surface area (TPSA) is 39.7 Å². The lowest BCUT2D eigenvalue weighted by Crippen LogP contribution is -2.42. The SMILES string of the molecule is CCNC(=NCC1CCN(Cc2cccs2)CC1)NC(C)CC.I. The fourth-order valence-electron chi connectivity index (χ4n) is 2.83. The predicted octanol–water partition coefficient (Wildman–Crippen LogP) is 3.93. The Morgan fingerprint density at radius 3 is 2.71 bits per heavy atom. The van der Waals surface area contributed by atoms with E-state index >= 15 is 0 Å². The van der Waals surface area contributed by atoms with Crippen molar-refractivity contribution >= 4 is 41.3 Å². The second kappa shape index (κ2) is 12.1. The van der Waals surface area contributed by atoms with Crippen molar-refractivity contribution in [3.05, 3.63) is 22.4 Å². The standard InChI is InChI=1S/C18H32N4S.HI/c1-4-15(3)21-18(19-5-2)20-13-16-8-10-22(11-9-16)14-17-7-6-12-23-17;/h6-7,12,15-16H,4-5,8-11,13-14H2,1-3H3,(H2,19,20,21);1H. The molecule has 0 aromatic carbocycles. The summed E-state index contributed by atoms with van der Waals surface area (Å²) in [6.07, 6.45) is 3.64. The van der Waals surface area contributed by atoms with Gasteiger partial charge >= 0.3 is 0 Å². The molecule has 1 aromatic heterocycles. The minimum atomic E-state index is 0. The van der Waals surface area contributed by atoms with Crippen molar-refractivity contribution in [2.24, 2.45) is 10.9 Å². The molecule has 0 bridgehead atoms. The van der Waals surface area contributed by atoms with Gasteiger partial charge in [0.2, 0.25) is 0 Å². The van der Waals surface area contributed by atoms with Crippen LogP contribution in [-0.4, -0.2) is 43.1 Å². The van der Waals surface area contributed by atoms with E-state index in [0.29, 0.717) is 6.04 Å². The Labute approximate surface area is 168 Å². The molecule has 2 rings (SSSR count). The summed E-state index contributed by atoms with van der Waals surface area (Å²) < 4.78 is 0. The third-order valence-electron chi connectivity index (χ3n) is 4.51. The number of rotatable bonds is 7. The van der Waals surface area contributed by atoms with E-state index in [1.165, 1.54) is 30.8 Å². The summed E-state index contributed by atoms with van der Waals surface area (Å²) in [4.78, 5) is 8.86. The molecular formula is C18H33IN4S. The lowest BCUT2D eigenvalue weighted by molar-refractivity contribution is 0.182. The largest absolute Gasteiger partial charge is 0.357 e. The Morgan fingerprint density at radius 1 is 1.38 bits per heavy atom. The van der Waals surface area contributed by atoms with Gasteiger partial charge in [0.05, 0.1) is 0 Å². The van der Waals surface area contributed by atoms with Crippen LogP contribution >= 0.6 is 35.3 Å². The van der Waals surface area contributed by atoms with E-state index in [1.54, 1.807) is 0 Å². The zero-order valence-corrected chi connectivity index (χ0v) is 18.4. The molecule has 2 heterocycles. The average Bonchev–Trinajstić information content (AvgIpc) is 3.07. The molecule has 1 aliphatic heterocycles. The highest BCUT2D eigenvalue weighted by atomic mass is 127. The molecule has 6 heteroatoms. The maximum absolute atomic E-state index is 4.80. The highest BCUT2D eigenvalue weighted by Crippen LogP contribution is 2.20. The molecule has 4 nitrogen and oxygen atoms in total. The van der Waals surface area contributed by atoms with E-state index in [1.807, 2.05) is 11.3 Å². The van der Waals surface area contributed by atoms with Crippen LogP contribution < -0.4 is 10.6 Å². The fraction of sp³-hybridized carbons (Fsp3) is 0.722. The van der Waals surface area contributed by atoms with Crippen LogP contribution in [-0.2, 0) is 6.54 Å². The van der Waals surface area contributed by atoms with Gasteiger partial charge in [0, 0.05) is 30.6 Å². The summed E-state index contributed by atoms with van der Waals surface area (Å²) in [5.74, 6) is 1.70. The Balaban J connectivity index is 0.00000288. The molecule has 1 atom stereocenters. The van der Waals surface area contributed by atoms with Crippen LogP contribution in [0.5, 0.6) is 0 Å². The van der Waals surface area contributed by atoms with Crippen LogP contribution in [0.3, 0.4) is 0 Å². The number of hydrogen-bond donors (Lipinski definition) is 2. The zero-order chi connectivity index (χ0) is 16.5. The molecule has 0 spiro atoms. The molecule has 2 N–H and O–H groups in total. The molecule has 1 fully saturated rings. The van der Waals surface area contributed by atoms with E-state index in [9.17, 15) is 0 Å². The van der Waals surface area contributed by atoms with Gasteiger partial charge in [-0.25, -0.2) is 0 Å². The summed E-state index contributed by atoms with van der Waals surface area (Å²) in [5, 5.41) is 9.00. The van der Waals surface area contributed by atoms with Crippen LogP contribution in [0.2, 0.25) is 0 Å². The van der Waals surface area contributed by atoms with Crippen molar-refractivity contribution in [3.63, 3.8) is 0 Å². The van der Waals surface area contributed by atoms with Gasteiger partial charge in [0.15, 0.2) is 5.96 Å². The highest BCUT2D eigenvalue weighted by molar-refractivity contribution is 14.0. The number of hydrogen-bond acceptors (Lipinski definition) is 3. The van der Waals surface area contributed by atoms with Gasteiger partial charge in [0.1, 0.15) is 0 Å². The molecule has 1 aliphatic rings. The number of thiophene rings is 1. The number of piperidine rings is 1. The van der Waals surface area contributed by atoms with Gasteiger partial charge in [-0.2, -0.15) is 0 Å². The van der Waals surface area contributed by atoms with Gasteiger partial charge in [-0.1, -0.05) is 13.0 Å². The van der Waals surface area contributed by atoms with Crippen LogP contribution in [0.4, 0.5) is 0 Å². The summed E-state index contributed by atoms with van der Waals surface area (Å²) in [6.45, 7) is 11.9. The molecule has 1 saturated heterocycles. The lowest BCUT2D eigenvalue weighted by atomic mass is 9.97. The monoisotopic (exact) mass is 464 g/mol. The van der Waals surface area contributed by atoms with Crippen LogP contribution in [0, 0.1) is 5.92 Å². The number of aliphatic imine (C=N–C) groups is 1. The van der Waals surface area contributed by atoms with Crippen molar-refractivity contribution in [2.45, 2.75) is 52.6 Å². The number of nitrogens with zero attached hydrogens (tertiary/aromatic N) is 2. The number of likely N-dealkylation sites (tertiary alicyclic amines) is 1. The van der Waals surface area contributed by atoms with Crippen LogP contribution in [0.1, 0.15) is 44.9 Å². The molecule has 24 heavy (non-hydrogen) atoms. The van der Waals surface area contributed by atoms with E-state index in [2.05, 4.69) is 53.8 Å². The smallest absolute Gasteiger partial charge is 0.191 e. The van der Waals surface area contributed by atoms with E-state index in [4.69, 9.17) is 4.99 Å². The Morgan fingerprint density at radius 2 is 2.12 bits per heavy atom. The highest BCUT2D eigenvalue weighted by Gasteiger charge is 2.19. The van der Waals surface area contributed by atoms with E-state index in [0.717, 1.165) is 37.9 Å². The molecule has 1 aromatic rings. The second-order valence-corrected chi connectivity index (χ2v) is 7.50. The lowest BCUT2D eigenvalue weighted by Gasteiger charge is -2.31. The molecular weight excluding hydrogens is 431 g/mol. The molecule has 0 radical (unpaired) electrons. The minimum absolute atomic E-state index is 0. The quantitative estimate of drug-likeness (QED) is 0.365. The third kappa shape index (κ3) is 7.70. The zero-order valence-electron chi connectivity index (χ0n) is 15.3. The first kappa shape index (κ1) is 21.7. The fourth-order valence-corrected chi connectivity index (χ4v) is 3.57. The van der Waals surface area contributed by atoms with Gasteiger partial charge in [-0.15, -0.1) is 35.3 Å². The van der Waals surface area contributed by atoms with Crippen molar-refractivity contribution < 1.29 is 0 Å².